The molecule has 0 bridgehead atoms. The molecule has 0 unspecified atom stereocenters. The fraction of sp³-hybridized carbons (Fsp3) is 0.944. The fourth-order valence-corrected chi connectivity index (χ4v) is 2.63. The van der Waals surface area contributed by atoms with E-state index in [9.17, 15) is 4.79 Å². The predicted octanol–water partition coefficient (Wildman–Crippen LogP) is 5.94. The third-order valence-electron chi connectivity index (χ3n) is 3.80. The average molecular weight is 317 g/mol. The van der Waals surface area contributed by atoms with Gasteiger partial charge in [-0.1, -0.05) is 71.1 Å². The minimum atomic E-state index is -0.00162. The highest BCUT2D eigenvalue weighted by Crippen LogP contribution is 2.09. The van der Waals surface area contributed by atoms with Crippen molar-refractivity contribution in [2.75, 3.05) is 12.4 Å². The van der Waals surface area contributed by atoms with E-state index in [-0.39, 0.29) is 5.97 Å². The van der Waals surface area contributed by atoms with Crippen molar-refractivity contribution in [3.05, 3.63) is 0 Å². The maximum atomic E-state index is 11.5. The maximum Gasteiger partial charge on any atom is 0.305 e. The first-order chi connectivity index (χ1) is 10.3. The van der Waals surface area contributed by atoms with Crippen LogP contribution in [0.1, 0.15) is 96.8 Å². The molecule has 0 aliphatic heterocycles. The Kier molecular flexibility index (Phi) is 17.7. The molecule has 0 radical (unpaired) electrons. The first-order valence-corrected chi connectivity index (χ1v) is 9.71. The van der Waals surface area contributed by atoms with Gasteiger partial charge in [-0.25, -0.2) is 0 Å². The monoisotopic (exact) mass is 316 g/mol. The van der Waals surface area contributed by atoms with Gasteiger partial charge in [-0.05, 0) is 25.0 Å². The van der Waals surface area contributed by atoms with Gasteiger partial charge in [0.15, 0.2) is 0 Å². The molecule has 0 fully saturated rings. The molecule has 0 heterocycles. The van der Waals surface area contributed by atoms with Crippen molar-refractivity contribution in [2.24, 2.45) is 0 Å². The minimum Gasteiger partial charge on any atom is -0.466 e. The number of carbonyl (C=O) groups excluding carboxylic acids is 1. The molecule has 0 saturated heterocycles. The lowest BCUT2D eigenvalue weighted by Crippen LogP contribution is -2.05. The molecular weight excluding hydrogens is 280 g/mol. The second kappa shape index (κ2) is 17.9. The van der Waals surface area contributed by atoms with Gasteiger partial charge in [0, 0.05) is 6.42 Å². The number of hydrogen-bond donors (Lipinski definition) is 1. The van der Waals surface area contributed by atoms with Gasteiger partial charge >= 0.3 is 5.97 Å². The largest absolute Gasteiger partial charge is 0.466 e. The van der Waals surface area contributed by atoms with E-state index in [0.717, 1.165) is 25.0 Å². The number of unbranched alkanes of at least 4 members (excludes halogenated alkanes) is 11. The molecule has 0 rings (SSSR count). The van der Waals surface area contributed by atoms with E-state index in [4.69, 9.17) is 4.74 Å². The molecular formula is C18H36O2S. The van der Waals surface area contributed by atoms with Crippen LogP contribution >= 0.6 is 12.6 Å². The summed E-state index contributed by atoms with van der Waals surface area (Å²) in [5, 5.41) is 0. The number of ether oxygens (including phenoxy) is 1. The summed E-state index contributed by atoms with van der Waals surface area (Å²) in [5.74, 6) is 1.02. The fourth-order valence-electron chi connectivity index (χ4n) is 2.41. The van der Waals surface area contributed by atoms with Crippen LogP contribution in [0.15, 0.2) is 0 Å². The standard InChI is InChI=1S/C18H36O2S/c1-2-3-4-9-12-15-18(19)20-16-13-10-7-5-6-8-11-14-17-21/h21H,2-17H2,1H3. The summed E-state index contributed by atoms with van der Waals surface area (Å²) in [7, 11) is 0. The van der Waals surface area contributed by atoms with Crippen molar-refractivity contribution < 1.29 is 9.53 Å². The first kappa shape index (κ1) is 20.8. The van der Waals surface area contributed by atoms with E-state index in [0.29, 0.717) is 13.0 Å². The highest BCUT2D eigenvalue weighted by Gasteiger charge is 2.02. The van der Waals surface area contributed by atoms with Crippen LogP contribution in [0.3, 0.4) is 0 Å². The third-order valence-corrected chi connectivity index (χ3v) is 4.12. The Morgan fingerprint density at radius 1 is 0.762 bits per heavy atom. The highest BCUT2D eigenvalue weighted by atomic mass is 32.1. The van der Waals surface area contributed by atoms with E-state index in [2.05, 4.69) is 19.6 Å². The number of esters is 1. The molecule has 0 spiro atoms. The van der Waals surface area contributed by atoms with E-state index in [1.165, 1.54) is 64.2 Å². The summed E-state index contributed by atoms with van der Waals surface area (Å²) in [4.78, 5) is 11.5. The number of hydrogen-bond acceptors (Lipinski definition) is 3. The van der Waals surface area contributed by atoms with Crippen LogP contribution in [0.5, 0.6) is 0 Å². The molecule has 21 heavy (non-hydrogen) atoms. The van der Waals surface area contributed by atoms with Gasteiger partial charge in [-0.3, -0.25) is 4.79 Å². The highest BCUT2D eigenvalue weighted by molar-refractivity contribution is 7.80. The van der Waals surface area contributed by atoms with Crippen LogP contribution in [0, 0.1) is 0 Å². The summed E-state index contributed by atoms with van der Waals surface area (Å²) in [6, 6.07) is 0. The van der Waals surface area contributed by atoms with Crippen molar-refractivity contribution >= 4 is 18.6 Å². The molecule has 0 atom stereocenters. The normalized spacial score (nSPS) is 10.8. The van der Waals surface area contributed by atoms with Crippen LogP contribution in [0.25, 0.3) is 0 Å². The van der Waals surface area contributed by atoms with Crippen LogP contribution < -0.4 is 0 Å². The SMILES string of the molecule is CCCCCCCC(=O)OCCCCCCCCCCS. The summed E-state index contributed by atoms with van der Waals surface area (Å²) in [6.07, 6.45) is 16.6. The zero-order valence-corrected chi connectivity index (χ0v) is 15.0. The van der Waals surface area contributed by atoms with Crippen molar-refractivity contribution in [1.29, 1.82) is 0 Å². The van der Waals surface area contributed by atoms with Crippen LogP contribution in [-0.4, -0.2) is 18.3 Å². The summed E-state index contributed by atoms with van der Waals surface area (Å²) in [5.41, 5.74) is 0. The summed E-state index contributed by atoms with van der Waals surface area (Å²) >= 11 is 4.21. The van der Waals surface area contributed by atoms with Crippen LogP contribution in [0.4, 0.5) is 0 Å². The average Bonchev–Trinajstić information content (AvgIpc) is 2.49. The second-order valence-electron chi connectivity index (χ2n) is 5.94. The van der Waals surface area contributed by atoms with Gasteiger partial charge in [0.1, 0.15) is 0 Å². The lowest BCUT2D eigenvalue weighted by Gasteiger charge is -2.05. The lowest BCUT2D eigenvalue weighted by molar-refractivity contribution is -0.143. The smallest absolute Gasteiger partial charge is 0.305 e. The van der Waals surface area contributed by atoms with Gasteiger partial charge in [0.25, 0.3) is 0 Å². The maximum absolute atomic E-state index is 11.5. The molecule has 0 aromatic rings. The molecule has 0 aliphatic rings. The Balaban J connectivity index is 3.11. The van der Waals surface area contributed by atoms with E-state index < -0.39 is 0 Å². The Labute approximate surface area is 137 Å². The van der Waals surface area contributed by atoms with Gasteiger partial charge in [-0.15, -0.1) is 0 Å². The second-order valence-corrected chi connectivity index (χ2v) is 6.38. The lowest BCUT2D eigenvalue weighted by atomic mass is 10.1. The Hall–Kier alpha value is -0.180. The van der Waals surface area contributed by atoms with E-state index in [1.807, 2.05) is 0 Å². The molecule has 0 saturated carbocycles. The van der Waals surface area contributed by atoms with Gasteiger partial charge in [-0.2, -0.15) is 12.6 Å². The topological polar surface area (TPSA) is 26.3 Å². The molecule has 2 nitrogen and oxygen atoms in total. The molecule has 0 N–H and O–H groups in total. The van der Waals surface area contributed by atoms with Gasteiger partial charge < -0.3 is 4.74 Å². The number of carbonyl (C=O) groups is 1. The molecule has 3 heteroatoms. The molecule has 0 aromatic carbocycles. The molecule has 0 aromatic heterocycles. The zero-order chi connectivity index (χ0) is 15.6. The third kappa shape index (κ3) is 17.8. The summed E-state index contributed by atoms with van der Waals surface area (Å²) < 4.78 is 5.26. The van der Waals surface area contributed by atoms with Crippen molar-refractivity contribution in [2.45, 2.75) is 96.8 Å². The Morgan fingerprint density at radius 3 is 1.90 bits per heavy atom. The Bertz CT molecular complexity index is 219. The first-order valence-electron chi connectivity index (χ1n) is 9.07. The van der Waals surface area contributed by atoms with Crippen LogP contribution in [-0.2, 0) is 9.53 Å². The molecule has 126 valence electrons. The van der Waals surface area contributed by atoms with Gasteiger partial charge in [0.05, 0.1) is 6.61 Å². The summed E-state index contributed by atoms with van der Waals surface area (Å²) in [6.45, 7) is 2.82. The van der Waals surface area contributed by atoms with Gasteiger partial charge in [0.2, 0.25) is 0 Å². The predicted molar refractivity (Wildman–Crippen MR) is 95.1 cm³/mol. The van der Waals surface area contributed by atoms with E-state index >= 15 is 0 Å². The molecule has 0 amide bonds. The number of rotatable bonds is 16. The Morgan fingerprint density at radius 2 is 1.29 bits per heavy atom. The van der Waals surface area contributed by atoms with Crippen molar-refractivity contribution in [3.63, 3.8) is 0 Å². The van der Waals surface area contributed by atoms with Crippen molar-refractivity contribution in [3.8, 4) is 0 Å². The van der Waals surface area contributed by atoms with Crippen LogP contribution in [0.2, 0.25) is 0 Å². The molecule has 0 aliphatic carbocycles. The zero-order valence-electron chi connectivity index (χ0n) is 14.1. The minimum absolute atomic E-state index is 0.00162. The van der Waals surface area contributed by atoms with E-state index in [1.54, 1.807) is 0 Å². The quantitative estimate of drug-likeness (QED) is 0.217. The van der Waals surface area contributed by atoms with Crippen molar-refractivity contribution in [1.82, 2.24) is 0 Å². The number of thiol groups is 1.